The summed E-state index contributed by atoms with van der Waals surface area (Å²) in [6.07, 6.45) is 4.59. The van der Waals surface area contributed by atoms with Crippen LogP contribution in [-0.4, -0.2) is 24.3 Å². The summed E-state index contributed by atoms with van der Waals surface area (Å²) in [5.41, 5.74) is 0. The van der Waals surface area contributed by atoms with Gasteiger partial charge in [0.05, 0.1) is 0 Å². The lowest BCUT2D eigenvalue weighted by molar-refractivity contribution is -0.111. The van der Waals surface area contributed by atoms with Gasteiger partial charge < -0.3 is 14.7 Å². The van der Waals surface area contributed by atoms with E-state index in [2.05, 4.69) is 6.58 Å². The molecule has 3 heteroatoms. The Kier molecular flexibility index (Phi) is 7.11. The van der Waals surface area contributed by atoms with Crippen LogP contribution in [-0.2, 0) is 9.59 Å². The molecule has 0 saturated carbocycles. The highest BCUT2D eigenvalue weighted by atomic mass is 16.3. The zero-order chi connectivity index (χ0) is 10.1. The molecule has 13 heavy (non-hydrogen) atoms. The fraction of sp³-hybridized carbons (Fsp3) is 0.600. The van der Waals surface area contributed by atoms with Gasteiger partial charge in [-0.3, -0.25) is 0 Å². The summed E-state index contributed by atoms with van der Waals surface area (Å²) in [6, 6.07) is 0. The molecule has 0 aromatic carbocycles. The quantitative estimate of drug-likeness (QED) is 0.451. The highest BCUT2D eigenvalue weighted by molar-refractivity contribution is 5.54. The van der Waals surface area contributed by atoms with Gasteiger partial charge in [-0.2, -0.15) is 0 Å². The lowest BCUT2D eigenvalue weighted by Crippen LogP contribution is -2.19. The molecule has 0 aromatic rings. The van der Waals surface area contributed by atoms with Gasteiger partial charge >= 0.3 is 0 Å². The van der Waals surface area contributed by atoms with Crippen LogP contribution in [0.2, 0.25) is 0 Å². The second-order valence-electron chi connectivity index (χ2n) is 3.03. The van der Waals surface area contributed by atoms with Gasteiger partial charge in [-0.15, -0.1) is 6.58 Å². The number of hydrogen-bond acceptors (Lipinski definition) is 3. The van der Waals surface area contributed by atoms with Crippen LogP contribution in [0.1, 0.15) is 19.3 Å². The normalized spacial score (nSPS) is 12.5. The summed E-state index contributed by atoms with van der Waals surface area (Å²) < 4.78 is 0. The first-order valence-electron chi connectivity index (χ1n) is 4.39. The SMILES string of the molecule is C=CCC(CO)C(CC=O)CC=O. The van der Waals surface area contributed by atoms with Crippen LogP contribution in [0, 0.1) is 11.8 Å². The fourth-order valence-corrected chi connectivity index (χ4v) is 1.36. The van der Waals surface area contributed by atoms with Gasteiger partial charge in [0.1, 0.15) is 12.6 Å². The number of allylic oxidation sites excluding steroid dienone is 1. The van der Waals surface area contributed by atoms with Crippen LogP contribution in [0.3, 0.4) is 0 Å². The Morgan fingerprint density at radius 3 is 1.92 bits per heavy atom. The third-order valence-corrected chi connectivity index (χ3v) is 2.17. The van der Waals surface area contributed by atoms with Crippen molar-refractivity contribution in [2.75, 3.05) is 6.61 Å². The zero-order valence-corrected chi connectivity index (χ0v) is 7.69. The largest absolute Gasteiger partial charge is 0.396 e. The number of carbonyl (C=O) groups is 2. The van der Waals surface area contributed by atoms with Gasteiger partial charge in [0, 0.05) is 19.4 Å². The molecule has 0 radical (unpaired) electrons. The van der Waals surface area contributed by atoms with Crippen LogP contribution in [0.25, 0.3) is 0 Å². The predicted molar refractivity (Wildman–Crippen MR) is 50.2 cm³/mol. The molecule has 0 aromatic heterocycles. The van der Waals surface area contributed by atoms with E-state index in [4.69, 9.17) is 5.11 Å². The van der Waals surface area contributed by atoms with E-state index in [1.54, 1.807) is 6.08 Å². The fourth-order valence-electron chi connectivity index (χ4n) is 1.36. The number of aliphatic hydroxyl groups is 1. The summed E-state index contributed by atoms with van der Waals surface area (Å²) in [6.45, 7) is 3.56. The smallest absolute Gasteiger partial charge is 0.120 e. The third-order valence-electron chi connectivity index (χ3n) is 2.17. The molecule has 0 aliphatic heterocycles. The van der Waals surface area contributed by atoms with Gasteiger partial charge in [0.25, 0.3) is 0 Å². The van der Waals surface area contributed by atoms with Crippen LogP contribution >= 0.6 is 0 Å². The van der Waals surface area contributed by atoms with Gasteiger partial charge in [-0.1, -0.05) is 6.08 Å². The minimum absolute atomic E-state index is 0.00162. The third kappa shape index (κ3) is 4.58. The Balaban J connectivity index is 4.17. The van der Waals surface area contributed by atoms with Crippen molar-refractivity contribution >= 4 is 12.6 Å². The molecule has 0 spiro atoms. The van der Waals surface area contributed by atoms with Crippen molar-refractivity contribution in [3.63, 3.8) is 0 Å². The number of aldehydes is 2. The van der Waals surface area contributed by atoms with Crippen molar-refractivity contribution in [2.45, 2.75) is 19.3 Å². The first kappa shape index (κ1) is 12.0. The molecule has 0 amide bonds. The van der Waals surface area contributed by atoms with E-state index in [9.17, 15) is 9.59 Å². The van der Waals surface area contributed by atoms with E-state index in [1.807, 2.05) is 0 Å². The maximum atomic E-state index is 10.3. The Morgan fingerprint density at radius 1 is 1.08 bits per heavy atom. The molecule has 74 valence electrons. The van der Waals surface area contributed by atoms with Gasteiger partial charge in [-0.05, 0) is 18.3 Å². The lowest BCUT2D eigenvalue weighted by atomic mass is 9.86. The van der Waals surface area contributed by atoms with E-state index in [0.717, 1.165) is 12.6 Å². The van der Waals surface area contributed by atoms with Crippen LogP contribution in [0.4, 0.5) is 0 Å². The van der Waals surface area contributed by atoms with Crippen LogP contribution in [0.15, 0.2) is 12.7 Å². The van der Waals surface area contributed by atoms with E-state index >= 15 is 0 Å². The monoisotopic (exact) mass is 184 g/mol. The maximum absolute atomic E-state index is 10.3. The molecule has 0 bridgehead atoms. The van der Waals surface area contributed by atoms with Gasteiger partial charge in [0.15, 0.2) is 0 Å². The van der Waals surface area contributed by atoms with Crippen molar-refractivity contribution in [3.8, 4) is 0 Å². The summed E-state index contributed by atoms with van der Waals surface area (Å²) in [5, 5.41) is 9.00. The standard InChI is InChI=1S/C10H16O3/c1-2-3-10(8-13)9(4-6-11)5-7-12/h2,6-7,9-10,13H,1,3-5,8H2. The van der Waals surface area contributed by atoms with E-state index < -0.39 is 0 Å². The lowest BCUT2D eigenvalue weighted by Gasteiger charge is -2.20. The summed E-state index contributed by atoms with van der Waals surface area (Å²) >= 11 is 0. The average Bonchev–Trinajstić information content (AvgIpc) is 2.14. The van der Waals surface area contributed by atoms with Crippen molar-refractivity contribution in [2.24, 2.45) is 11.8 Å². The molecule has 0 aliphatic rings. The molecule has 1 unspecified atom stereocenters. The summed E-state index contributed by atoms with van der Waals surface area (Å²) in [5.74, 6) is -0.0640. The second-order valence-corrected chi connectivity index (χ2v) is 3.03. The Hall–Kier alpha value is -0.960. The second kappa shape index (κ2) is 7.68. The number of hydrogen-bond donors (Lipinski definition) is 1. The molecule has 3 nitrogen and oxygen atoms in total. The van der Waals surface area contributed by atoms with Crippen molar-refractivity contribution < 1.29 is 14.7 Å². The molecule has 0 heterocycles. The number of rotatable bonds is 8. The zero-order valence-electron chi connectivity index (χ0n) is 7.69. The van der Waals surface area contributed by atoms with Crippen LogP contribution in [0.5, 0.6) is 0 Å². The Labute approximate surface area is 78.5 Å². The molecule has 0 saturated heterocycles. The first-order valence-corrected chi connectivity index (χ1v) is 4.39. The van der Waals surface area contributed by atoms with E-state index in [0.29, 0.717) is 19.3 Å². The highest BCUT2D eigenvalue weighted by Gasteiger charge is 2.18. The topological polar surface area (TPSA) is 54.4 Å². The van der Waals surface area contributed by atoms with E-state index in [-0.39, 0.29) is 18.4 Å². The minimum Gasteiger partial charge on any atom is -0.396 e. The minimum atomic E-state index is -0.0435. The van der Waals surface area contributed by atoms with Crippen molar-refractivity contribution in [1.82, 2.24) is 0 Å². The van der Waals surface area contributed by atoms with Gasteiger partial charge in [0.2, 0.25) is 0 Å². The average molecular weight is 184 g/mol. The molecule has 1 atom stereocenters. The predicted octanol–water partition coefficient (Wildman–Crippen LogP) is 0.965. The highest BCUT2D eigenvalue weighted by Crippen LogP contribution is 2.21. The Bertz CT molecular complexity index is 156. The van der Waals surface area contributed by atoms with Crippen molar-refractivity contribution in [1.29, 1.82) is 0 Å². The Morgan fingerprint density at radius 2 is 1.62 bits per heavy atom. The van der Waals surface area contributed by atoms with Crippen LogP contribution < -0.4 is 0 Å². The van der Waals surface area contributed by atoms with E-state index in [1.165, 1.54) is 0 Å². The molecular weight excluding hydrogens is 168 g/mol. The summed E-state index contributed by atoms with van der Waals surface area (Å²) in [7, 11) is 0. The number of aliphatic hydroxyl groups excluding tert-OH is 1. The number of carbonyl (C=O) groups excluding carboxylic acids is 2. The molecule has 0 aliphatic carbocycles. The maximum Gasteiger partial charge on any atom is 0.120 e. The summed E-state index contributed by atoms with van der Waals surface area (Å²) in [4.78, 5) is 20.6. The van der Waals surface area contributed by atoms with Crippen molar-refractivity contribution in [3.05, 3.63) is 12.7 Å². The molecule has 0 rings (SSSR count). The molecule has 1 N–H and O–H groups in total. The first-order chi connectivity index (χ1) is 6.29. The van der Waals surface area contributed by atoms with Gasteiger partial charge in [-0.25, -0.2) is 0 Å². The molecular formula is C10H16O3. The molecule has 0 fully saturated rings.